The van der Waals surface area contributed by atoms with Crippen molar-refractivity contribution in [2.45, 2.75) is 30.5 Å². The standard InChI is InChI=1S/C32H28BrClN6O2S/c1-22(31(41)38-36-19-24-9-5-6-13-29(24)42-21-23-8-7-10-25(33)18-23)43-32-39-37-30(40(32)28-11-3-2-4-12-28)20-35-27-16-14-26(34)15-17-27/h2-19,22,35H,20-21H2,1H3,(H,38,41)/b36-19-/t22-/m0/s1. The smallest absolute Gasteiger partial charge is 0.253 e. The topological polar surface area (TPSA) is 93.4 Å². The summed E-state index contributed by atoms with van der Waals surface area (Å²) in [6.07, 6.45) is 1.58. The zero-order valence-electron chi connectivity index (χ0n) is 23.2. The summed E-state index contributed by atoms with van der Waals surface area (Å²) >= 11 is 10.8. The molecule has 1 heterocycles. The molecule has 218 valence electrons. The molecular weight excluding hydrogens is 648 g/mol. The average Bonchev–Trinajstić information content (AvgIpc) is 3.42. The van der Waals surface area contributed by atoms with E-state index in [4.69, 9.17) is 16.3 Å². The number of hydrogen-bond acceptors (Lipinski definition) is 7. The van der Waals surface area contributed by atoms with Crippen molar-refractivity contribution < 1.29 is 9.53 Å². The molecule has 1 amide bonds. The molecule has 0 spiro atoms. The lowest BCUT2D eigenvalue weighted by molar-refractivity contribution is -0.120. The van der Waals surface area contributed by atoms with E-state index >= 15 is 0 Å². The summed E-state index contributed by atoms with van der Waals surface area (Å²) < 4.78 is 8.95. The Balaban J connectivity index is 1.23. The fourth-order valence-electron chi connectivity index (χ4n) is 4.05. The third kappa shape index (κ3) is 8.47. The van der Waals surface area contributed by atoms with Crippen molar-refractivity contribution >= 4 is 57.1 Å². The van der Waals surface area contributed by atoms with Crippen LogP contribution in [-0.4, -0.2) is 32.1 Å². The van der Waals surface area contributed by atoms with E-state index in [9.17, 15) is 4.79 Å². The molecule has 0 bridgehead atoms. The Labute approximate surface area is 267 Å². The van der Waals surface area contributed by atoms with Crippen molar-refractivity contribution in [1.82, 2.24) is 20.2 Å². The number of amides is 1. The largest absolute Gasteiger partial charge is 0.488 e. The van der Waals surface area contributed by atoms with Crippen molar-refractivity contribution in [3.63, 3.8) is 0 Å². The van der Waals surface area contributed by atoms with Gasteiger partial charge in [-0.15, -0.1) is 10.2 Å². The molecule has 0 saturated carbocycles. The number of carbonyl (C=O) groups is 1. The maximum Gasteiger partial charge on any atom is 0.253 e. The molecular formula is C32H28BrClN6O2S. The van der Waals surface area contributed by atoms with Crippen LogP contribution >= 0.6 is 39.3 Å². The van der Waals surface area contributed by atoms with Gasteiger partial charge in [0, 0.05) is 26.4 Å². The number of benzene rings is 4. The summed E-state index contributed by atoms with van der Waals surface area (Å²) in [5, 5.41) is 17.2. The first-order valence-electron chi connectivity index (χ1n) is 13.4. The van der Waals surface area contributed by atoms with Gasteiger partial charge in [-0.2, -0.15) is 5.10 Å². The van der Waals surface area contributed by atoms with Gasteiger partial charge in [0.25, 0.3) is 5.91 Å². The summed E-state index contributed by atoms with van der Waals surface area (Å²) in [6, 6.07) is 32.7. The highest BCUT2D eigenvalue weighted by Crippen LogP contribution is 2.27. The molecule has 5 aromatic rings. The minimum absolute atomic E-state index is 0.266. The lowest BCUT2D eigenvalue weighted by atomic mass is 10.2. The van der Waals surface area contributed by atoms with Crippen LogP contribution in [0.5, 0.6) is 5.75 Å². The minimum Gasteiger partial charge on any atom is -0.488 e. The van der Waals surface area contributed by atoms with Crippen LogP contribution in [0, 0.1) is 0 Å². The Hall–Kier alpha value is -4.12. The van der Waals surface area contributed by atoms with Crippen LogP contribution in [0.4, 0.5) is 5.69 Å². The van der Waals surface area contributed by atoms with Gasteiger partial charge in [-0.1, -0.05) is 81.8 Å². The maximum atomic E-state index is 13.0. The SMILES string of the molecule is C[C@H](Sc1nnc(CNc2ccc(Cl)cc2)n1-c1ccccc1)C(=O)N/N=C\c1ccccc1OCc1cccc(Br)c1. The van der Waals surface area contributed by atoms with Gasteiger partial charge in [0.05, 0.1) is 18.0 Å². The lowest BCUT2D eigenvalue weighted by Gasteiger charge is -2.13. The third-order valence-corrected chi connectivity index (χ3v) is 8.03. The average molecular weight is 676 g/mol. The zero-order valence-corrected chi connectivity index (χ0v) is 26.3. The van der Waals surface area contributed by atoms with E-state index in [0.29, 0.717) is 34.9 Å². The molecule has 43 heavy (non-hydrogen) atoms. The van der Waals surface area contributed by atoms with E-state index in [1.165, 1.54) is 11.8 Å². The molecule has 8 nitrogen and oxygen atoms in total. The molecule has 1 aromatic heterocycles. The van der Waals surface area contributed by atoms with Crippen LogP contribution in [0.25, 0.3) is 5.69 Å². The molecule has 0 radical (unpaired) electrons. The fraction of sp³-hybridized carbons (Fsp3) is 0.125. The van der Waals surface area contributed by atoms with Crippen LogP contribution < -0.4 is 15.5 Å². The monoisotopic (exact) mass is 674 g/mol. The van der Waals surface area contributed by atoms with Crippen molar-refractivity contribution in [3.8, 4) is 11.4 Å². The molecule has 2 N–H and O–H groups in total. The number of ether oxygens (including phenoxy) is 1. The molecule has 11 heteroatoms. The first kappa shape index (κ1) is 30.3. The van der Waals surface area contributed by atoms with Gasteiger partial charge >= 0.3 is 0 Å². The van der Waals surface area contributed by atoms with Gasteiger partial charge in [-0.25, -0.2) is 5.43 Å². The summed E-state index contributed by atoms with van der Waals surface area (Å²) in [5.41, 5.74) is 6.23. The quantitative estimate of drug-likeness (QED) is 0.0808. The van der Waals surface area contributed by atoms with E-state index in [1.54, 1.807) is 13.1 Å². The Morgan fingerprint density at radius 1 is 1.02 bits per heavy atom. The first-order chi connectivity index (χ1) is 21.0. The molecule has 0 aliphatic rings. The number of hydrazone groups is 1. The summed E-state index contributed by atoms with van der Waals surface area (Å²) in [6.45, 7) is 2.64. The highest BCUT2D eigenvalue weighted by molar-refractivity contribution is 9.10. The predicted octanol–water partition coefficient (Wildman–Crippen LogP) is 7.51. The van der Waals surface area contributed by atoms with Crippen molar-refractivity contribution in [2.75, 3.05) is 5.32 Å². The van der Waals surface area contributed by atoms with Gasteiger partial charge in [0.15, 0.2) is 11.0 Å². The van der Waals surface area contributed by atoms with Crippen molar-refractivity contribution in [1.29, 1.82) is 0 Å². The number of nitrogens with zero attached hydrogens (tertiary/aromatic N) is 4. The van der Waals surface area contributed by atoms with Crippen molar-refractivity contribution in [3.05, 3.63) is 130 Å². The van der Waals surface area contributed by atoms with Crippen LogP contribution in [0.2, 0.25) is 5.02 Å². The maximum absolute atomic E-state index is 13.0. The summed E-state index contributed by atoms with van der Waals surface area (Å²) in [4.78, 5) is 13.0. The van der Waals surface area contributed by atoms with Crippen LogP contribution in [0.3, 0.4) is 0 Å². The zero-order chi connectivity index (χ0) is 30.0. The van der Waals surface area contributed by atoms with E-state index in [1.807, 2.05) is 108 Å². The number of para-hydroxylation sites is 2. The fourth-order valence-corrected chi connectivity index (χ4v) is 5.50. The number of anilines is 1. The number of thioether (sulfide) groups is 1. The second kappa shape index (κ2) is 14.9. The minimum atomic E-state index is -0.496. The lowest BCUT2D eigenvalue weighted by Crippen LogP contribution is -2.27. The molecule has 1 atom stereocenters. The number of rotatable bonds is 12. The van der Waals surface area contributed by atoms with Crippen LogP contribution in [-0.2, 0) is 17.9 Å². The van der Waals surface area contributed by atoms with Gasteiger partial charge in [-0.05, 0) is 73.2 Å². The number of carbonyl (C=O) groups excluding carboxylic acids is 1. The van der Waals surface area contributed by atoms with Crippen molar-refractivity contribution in [2.24, 2.45) is 5.10 Å². The Morgan fingerprint density at radius 2 is 1.79 bits per heavy atom. The van der Waals surface area contributed by atoms with Crippen LogP contribution in [0.15, 0.2) is 118 Å². The van der Waals surface area contributed by atoms with E-state index in [0.717, 1.165) is 27.0 Å². The second-order valence-corrected chi connectivity index (χ2v) is 12.0. The molecule has 5 rings (SSSR count). The molecule has 0 aliphatic carbocycles. The van der Waals surface area contributed by atoms with E-state index < -0.39 is 5.25 Å². The third-order valence-electron chi connectivity index (χ3n) is 6.24. The molecule has 0 fully saturated rings. The second-order valence-electron chi connectivity index (χ2n) is 9.38. The van der Waals surface area contributed by atoms with Gasteiger partial charge in [0.2, 0.25) is 0 Å². The molecule has 0 aliphatic heterocycles. The number of nitrogens with one attached hydrogen (secondary N) is 2. The van der Waals surface area contributed by atoms with Gasteiger partial charge in [0.1, 0.15) is 12.4 Å². The van der Waals surface area contributed by atoms with E-state index in [-0.39, 0.29) is 5.91 Å². The number of hydrogen-bond donors (Lipinski definition) is 2. The normalized spacial score (nSPS) is 11.8. The first-order valence-corrected chi connectivity index (χ1v) is 15.5. The highest BCUT2D eigenvalue weighted by Gasteiger charge is 2.21. The van der Waals surface area contributed by atoms with Crippen LogP contribution in [0.1, 0.15) is 23.9 Å². The predicted molar refractivity (Wildman–Crippen MR) is 176 cm³/mol. The number of aromatic nitrogens is 3. The Morgan fingerprint density at radius 3 is 2.58 bits per heavy atom. The molecule has 0 unspecified atom stereocenters. The molecule has 4 aromatic carbocycles. The molecule has 0 saturated heterocycles. The Kier molecular flexibility index (Phi) is 10.5. The summed E-state index contributed by atoms with van der Waals surface area (Å²) in [7, 11) is 0. The number of halogens is 2. The highest BCUT2D eigenvalue weighted by atomic mass is 79.9. The van der Waals surface area contributed by atoms with E-state index in [2.05, 4.69) is 42.0 Å². The summed E-state index contributed by atoms with van der Waals surface area (Å²) in [5.74, 6) is 1.10. The van der Waals surface area contributed by atoms with Gasteiger partial charge in [-0.3, -0.25) is 9.36 Å². The van der Waals surface area contributed by atoms with Gasteiger partial charge < -0.3 is 10.1 Å². The Bertz CT molecular complexity index is 1700.